The number of anilines is 1. The predicted molar refractivity (Wildman–Crippen MR) is 130 cm³/mol. The molecule has 4 nitrogen and oxygen atoms in total. The van der Waals surface area contributed by atoms with Crippen LogP contribution in [0.25, 0.3) is 5.69 Å². The van der Waals surface area contributed by atoms with E-state index in [1.807, 2.05) is 28.9 Å². The van der Waals surface area contributed by atoms with E-state index < -0.39 is 11.6 Å². The first-order valence-corrected chi connectivity index (χ1v) is 12.4. The van der Waals surface area contributed by atoms with Crippen LogP contribution in [-0.4, -0.2) is 21.7 Å². The average molecular weight is 484 g/mol. The van der Waals surface area contributed by atoms with Crippen LogP contribution in [0.3, 0.4) is 0 Å². The first kappa shape index (κ1) is 23.0. The largest absolute Gasteiger partial charge is 0.306 e. The van der Waals surface area contributed by atoms with Gasteiger partial charge >= 0.3 is 0 Å². The van der Waals surface area contributed by atoms with Crippen LogP contribution in [0, 0.1) is 11.6 Å². The van der Waals surface area contributed by atoms with Crippen LogP contribution in [0.2, 0.25) is 5.02 Å². The summed E-state index contributed by atoms with van der Waals surface area (Å²) in [5.74, 6) is -1.62. The highest BCUT2D eigenvalue weighted by Gasteiger charge is 2.39. The topological polar surface area (TPSA) is 38.1 Å². The molecule has 2 aliphatic carbocycles. The fourth-order valence-corrected chi connectivity index (χ4v) is 5.86. The van der Waals surface area contributed by atoms with Crippen molar-refractivity contribution in [2.45, 2.75) is 70.3 Å². The maximum Gasteiger partial charge on any atom is 0.224 e. The van der Waals surface area contributed by atoms with Crippen LogP contribution in [0.15, 0.2) is 42.5 Å². The Morgan fingerprint density at radius 2 is 1.76 bits per heavy atom. The number of halogens is 3. The molecule has 1 heterocycles. The van der Waals surface area contributed by atoms with Crippen molar-refractivity contribution in [3.63, 3.8) is 0 Å². The van der Waals surface area contributed by atoms with Gasteiger partial charge in [0, 0.05) is 30.0 Å². The summed E-state index contributed by atoms with van der Waals surface area (Å²) >= 11 is 6.15. The summed E-state index contributed by atoms with van der Waals surface area (Å²) in [4.78, 5) is 14.5. The molecule has 7 heteroatoms. The van der Waals surface area contributed by atoms with Crippen molar-refractivity contribution in [1.29, 1.82) is 0 Å². The standard InChI is InChI=1S/C27H28ClF2N3O/c1-17(34)32(26-15-12-19(29)16-23(26)30)25-9-5-3-7-22(25)27-21-6-2-4-8-24(21)31-33(27)20-13-10-18(28)11-14-20/h10-16,22,25H,2-9H2,1H3. The number of aryl methyl sites for hydroxylation is 1. The number of nitrogens with zero attached hydrogens (tertiary/aromatic N) is 3. The monoisotopic (exact) mass is 483 g/mol. The molecule has 0 bridgehead atoms. The van der Waals surface area contributed by atoms with E-state index in [-0.39, 0.29) is 23.6 Å². The molecule has 34 heavy (non-hydrogen) atoms. The van der Waals surface area contributed by atoms with E-state index in [2.05, 4.69) is 0 Å². The fraction of sp³-hybridized carbons (Fsp3) is 0.407. The first-order valence-electron chi connectivity index (χ1n) is 12.1. The summed E-state index contributed by atoms with van der Waals surface area (Å²) in [6, 6.07) is 10.8. The maximum absolute atomic E-state index is 14.9. The van der Waals surface area contributed by atoms with Gasteiger partial charge < -0.3 is 4.90 Å². The number of amides is 1. The molecule has 178 valence electrons. The molecule has 2 unspecified atom stereocenters. The van der Waals surface area contributed by atoms with Gasteiger partial charge in [0.2, 0.25) is 5.91 Å². The molecule has 0 saturated heterocycles. The lowest BCUT2D eigenvalue weighted by Crippen LogP contribution is -2.45. The molecular formula is C27H28ClF2N3O. The Labute approximate surface area is 203 Å². The molecule has 0 N–H and O–H groups in total. The third-order valence-electron chi connectivity index (χ3n) is 7.19. The molecule has 2 aromatic carbocycles. The Bertz CT molecular complexity index is 1210. The molecule has 2 atom stereocenters. The quantitative estimate of drug-likeness (QED) is 0.411. The number of carbonyl (C=O) groups excluding carboxylic acids is 1. The predicted octanol–water partition coefficient (Wildman–Crippen LogP) is 6.76. The van der Waals surface area contributed by atoms with Crippen LogP contribution < -0.4 is 4.90 Å². The number of hydrogen-bond acceptors (Lipinski definition) is 2. The molecule has 5 rings (SSSR count). The summed E-state index contributed by atoms with van der Waals surface area (Å²) in [7, 11) is 0. The number of hydrogen-bond donors (Lipinski definition) is 0. The van der Waals surface area contributed by atoms with Crippen LogP contribution in [0.5, 0.6) is 0 Å². The maximum atomic E-state index is 14.9. The van der Waals surface area contributed by atoms with Gasteiger partial charge in [0.25, 0.3) is 0 Å². The van der Waals surface area contributed by atoms with Gasteiger partial charge in [-0.3, -0.25) is 4.79 Å². The highest BCUT2D eigenvalue weighted by atomic mass is 35.5. The van der Waals surface area contributed by atoms with E-state index in [9.17, 15) is 13.6 Å². The Morgan fingerprint density at radius 1 is 1.03 bits per heavy atom. The lowest BCUT2D eigenvalue weighted by Gasteiger charge is -2.40. The van der Waals surface area contributed by atoms with Gasteiger partial charge in [-0.15, -0.1) is 0 Å². The van der Waals surface area contributed by atoms with E-state index in [1.54, 1.807) is 4.90 Å². The molecule has 1 saturated carbocycles. The van der Waals surface area contributed by atoms with E-state index in [0.29, 0.717) is 5.02 Å². The first-order chi connectivity index (χ1) is 16.4. The van der Waals surface area contributed by atoms with Gasteiger partial charge in [-0.05, 0) is 80.5 Å². The molecule has 2 aliphatic rings. The van der Waals surface area contributed by atoms with Gasteiger partial charge in [0.05, 0.1) is 22.8 Å². The molecule has 3 aromatic rings. The number of rotatable bonds is 4. The molecular weight excluding hydrogens is 456 g/mol. The third kappa shape index (κ3) is 4.24. The summed E-state index contributed by atoms with van der Waals surface area (Å²) in [5.41, 5.74) is 4.57. The third-order valence-corrected chi connectivity index (χ3v) is 7.44. The van der Waals surface area contributed by atoms with Crippen LogP contribution in [0.4, 0.5) is 14.5 Å². The molecule has 1 amide bonds. The molecule has 1 aromatic heterocycles. The molecule has 0 radical (unpaired) electrons. The number of carbonyl (C=O) groups is 1. The number of fused-ring (bicyclic) bond motifs is 1. The van der Waals surface area contributed by atoms with Crippen molar-refractivity contribution in [2.75, 3.05) is 4.90 Å². The second-order valence-electron chi connectivity index (χ2n) is 9.35. The molecule has 0 spiro atoms. The Hall–Kier alpha value is -2.73. The minimum atomic E-state index is -0.715. The van der Waals surface area contributed by atoms with Gasteiger partial charge in [-0.25, -0.2) is 13.5 Å². The van der Waals surface area contributed by atoms with E-state index in [0.717, 1.165) is 74.5 Å². The van der Waals surface area contributed by atoms with Gasteiger partial charge in [0.15, 0.2) is 0 Å². The van der Waals surface area contributed by atoms with Gasteiger partial charge in [0.1, 0.15) is 11.6 Å². The Morgan fingerprint density at radius 3 is 2.50 bits per heavy atom. The van der Waals surface area contributed by atoms with Crippen molar-refractivity contribution in [2.24, 2.45) is 0 Å². The molecule has 0 aliphatic heterocycles. The Kier molecular flexibility index (Phi) is 6.43. The number of benzene rings is 2. The zero-order valence-corrected chi connectivity index (χ0v) is 20.0. The van der Waals surface area contributed by atoms with E-state index >= 15 is 0 Å². The summed E-state index contributed by atoms with van der Waals surface area (Å²) in [6.07, 6.45) is 7.70. The van der Waals surface area contributed by atoms with Crippen LogP contribution in [-0.2, 0) is 17.6 Å². The van der Waals surface area contributed by atoms with Crippen LogP contribution in [0.1, 0.15) is 68.3 Å². The SMILES string of the molecule is CC(=O)N(c1ccc(F)cc1F)C1CCCCC1c1c2c(nn1-c1ccc(Cl)cc1)CCCC2. The van der Waals surface area contributed by atoms with Crippen molar-refractivity contribution >= 4 is 23.2 Å². The van der Waals surface area contributed by atoms with Crippen molar-refractivity contribution in [3.8, 4) is 5.69 Å². The van der Waals surface area contributed by atoms with Crippen LogP contribution >= 0.6 is 11.6 Å². The second kappa shape index (κ2) is 9.49. The average Bonchev–Trinajstić information content (AvgIpc) is 3.21. The van der Waals surface area contributed by atoms with Crippen molar-refractivity contribution < 1.29 is 13.6 Å². The summed E-state index contributed by atoms with van der Waals surface area (Å²) in [6.45, 7) is 1.46. The fourth-order valence-electron chi connectivity index (χ4n) is 5.74. The summed E-state index contributed by atoms with van der Waals surface area (Å²) in [5, 5.41) is 5.67. The minimum absolute atomic E-state index is 0.00729. The van der Waals surface area contributed by atoms with Crippen molar-refractivity contribution in [3.05, 3.63) is 76.1 Å². The lowest BCUT2D eigenvalue weighted by atomic mass is 9.78. The van der Waals surface area contributed by atoms with Gasteiger partial charge in [-0.2, -0.15) is 5.10 Å². The smallest absolute Gasteiger partial charge is 0.224 e. The minimum Gasteiger partial charge on any atom is -0.306 e. The lowest BCUT2D eigenvalue weighted by molar-refractivity contribution is -0.117. The number of aromatic nitrogens is 2. The van der Waals surface area contributed by atoms with E-state index in [4.69, 9.17) is 16.7 Å². The zero-order chi connectivity index (χ0) is 23.8. The summed E-state index contributed by atoms with van der Waals surface area (Å²) < 4.78 is 30.5. The highest BCUT2D eigenvalue weighted by Crippen LogP contribution is 2.43. The normalized spacial score (nSPS) is 20.1. The molecule has 1 fully saturated rings. The highest BCUT2D eigenvalue weighted by molar-refractivity contribution is 6.30. The van der Waals surface area contributed by atoms with Gasteiger partial charge in [-0.1, -0.05) is 24.4 Å². The second-order valence-corrected chi connectivity index (χ2v) is 9.79. The van der Waals surface area contributed by atoms with E-state index in [1.165, 1.54) is 24.6 Å². The zero-order valence-electron chi connectivity index (χ0n) is 19.2. The van der Waals surface area contributed by atoms with Crippen molar-refractivity contribution in [1.82, 2.24) is 9.78 Å². The Balaban J connectivity index is 1.65.